The molecule has 2 nitrogen and oxygen atoms in total. The number of benzene rings is 2. The molecule has 0 aliphatic heterocycles. The lowest BCUT2D eigenvalue weighted by Crippen LogP contribution is -2.01. The van der Waals surface area contributed by atoms with Gasteiger partial charge in [-0.15, -0.1) is 0 Å². The number of nitriles is 1. The monoisotopic (exact) mass is 295 g/mol. The van der Waals surface area contributed by atoms with Gasteiger partial charge < -0.3 is 0 Å². The third kappa shape index (κ3) is 3.06. The van der Waals surface area contributed by atoms with Gasteiger partial charge in [-0.05, 0) is 36.4 Å². The van der Waals surface area contributed by atoms with Crippen molar-refractivity contribution in [3.63, 3.8) is 0 Å². The van der Waals surface area contributed by atoms with E-state index in [1.54, 1.807) is 0 Å². The second-order valence-electron chi connectivity index (χ2n) is 3.98. The zero-order valence-corrected chi connectivity index (χ0v) is 10.9. The lowest BCUT2D eigenvalue weighted by molar-refractivity contribution is 0.505. The Morgan fingerprint density at radius 3 is 2.35 bits per heavy atom. The van der Waals surface area contributed by atoms with E-state index in [-0.39, 0.29) is 21.8 Å². The van der Waals surface area contributed by atoms with Crippen molar-refractivity contribution in [3.8, 4) is 6.07 Å². The fraction of sp³-hybridized carbons (Fsp3) is 0.0714. The maximum Gasteiger partial charge on any atom is 0.160 e. The predicted molar refractivity (Wildman–Crippen MR) is 67.6 cm³/mol. The molecular formula is C14H8F3NOS. The molecule has 1 atom stereocenters. The molecule has 0 bridgehead atoms. The molecule has 0 aromatic heterocycles. The van der Waals surface area contributed by atoms with Crippen LogP contribution in [-0.2, 0) is 16.6 Å². The number of rotatable bonds is 3. The second kappa shape index (κ2) is 5.88. The Hall–Kier alpha value is -2.13. The third-order valence-electron chi connectivity index (χ3n) is 2.62. The van der Waals surface area contributed by atoms with Gasteiger partial charge in [0.05, 0.1) is 28.2 Å². The molecule has 0 spiro atoms. The number of hydrogen-bond acceptors (Lipinski definition) is 2. The summed E-state index contributed by atoms with van der Waals surface area (Å²) in [7, 11) is -1.73. The van der Waals surface area contributed by atoms with Crippen molar-refractivity contribution in [2.45, 2.75) is 10.6 Å². The van der Waals surface area contributed by atoms with Gasteiger partial charge in [0, 0.05) is 10.5 Å². The van der Waals surface area contributed by atoms with Gasteiger partial charge in [0.2, 0.25) is 0 Å². The Morgan fingerprint density at radius 2 is 1.70 bits per heavy atom. The van der Waals surface area contributed by atoms with Gasteiger partial charge >= 0.3 is 0 Å². The third-order valence-corrected chi connectivity index (χ3v) is 3.97. The fourth-order valence-corrected chi connectivity index (χ4v) is 2.72. The van der Waals surface area contributed by atoms with Crippen molar-refractivity contribution in [2.75, 3.05) is 0 Å². The van der Waals surface area contributed by atoms with E-state index in [1.165, 1.54) is 18.2 Å². The van der Waals surface area contributed by atoms with Crippen LogP contribution in [0.4, 0.5) is 13.2 Å². The molecule has 0 heterocycles. The molecule has 20 heavy (non-hydrogen) atoms. The molecule has 0 saturated carbocycles. The molecule has 0 radical (unpaired) electrons. The SMILES string of the molecule is N#Cc1ccc(F)c(CS(=O)c2ccc(F)c(F)c2)c1. The summed E-state index contributed by atoms with van der Waals surface area (Å²) >= 11 is 0. The van der Waals surface area contributed by atoms with Crippen molar-refractivity contribution in [2.24, 2.45) is 0 Å². The van der Waals surface area contributed by atoms with Gasteiger partial charge in [-0.1, -0.05) is 0 Å². The zero-order valence-electron chi connectivity index (χ0n) is 10.1. The molecule has 2 rings (SSSR count). The minimum absolute atomic E-state index is 0.0608. The van der Waals surface area contributed by atoms with Crippen molar-refractivity contribution >= 4 is 10.8 Å². The predicted octanol–water partition coefficient (Wildman–Crippen LogP) is 3.28. The van der Waals surface area contributed by atoms with Crippen LogP contribution in [0.3, 0.4) is 0 Å². The van der Waals surface area contributed by atoms with Crippen LogP contribution in [0.25, 0.3) is 0 Å². The van der Waals surface area contributed by atoms with Gasteiger partial charge in [0.15, 0.2) is 11.6 Å². The Labute approximate surface area is 115 Å². The number of hydrogen-bond donors (Lipinski definition) is 0. The maximum atomic E-state index is 13.5. The molecule has 1 unspecified atom stereocenters. The largest absolute Gasteiger partial charge is 0.254 e. The first-order valence-corrected chi connectivity index (χ1v) is 6.85. The molecule has 0 aliphatic rings. The Kier molecular flexibility index (Phi) is 4.20. The molecular weight excluding hydrogens is 287 g/mol. The summed E-state index contributed by atoms with van der Waals surface area (Å²) < 4.78 is 51.4. The summed E-state index contributed by atoms with van der Waals surface area (Å²) in [5.41, 5.74) is 0.329. The van der Waals surface area contributed by atoms with Crippen LogP contribution in [-0.4, -0.2) is 4.21 Å². The maximum absolute atomic E-state index is 13.5. The van der Waals surface area contributed by atoms with Crippen molar-refractivity contribution < 1.29 is 17.4 Å². The normalized spacial score (nSPS) is 11.9. The van der Waals surface area contributed by atoms with Gasteiger partial charge in [0.25, 0.3) is 0 Å². The van der Waals surface area contributed by atoms with Crippen LogP contribution < -0.4 is 0 Å². The molecule has 6 heteroatoms. The molecule has 2 aromatic carbocycles. The average molecular weight is 295 g/mol. The van der Waals surface area contributed by atoms with Gasteiger partial charge in [-0.25, -0.2) is 13.2 Å². The van der Waals surface area contributed by atoms with E-state index in [1.807, 2.05) is 6.07 Å². The lowest BCUT2D eigenvalue weighted by atomic mass is 10.1. The van der Waals surface area contributed by atoms with E-state index in [9.17, 15) is 17.4 Å². The summed E-state index contributed by atoms with van der Waals surface area (Å²) in [6, 6.07) is 8.41. The Morgan fingerprint density at radius 1 is 1.00 bits per heavy atom. The molecule has 102 valence electrons. The number of halogens is 3. The van der Waals surface area contributed by atoms with Gasteiger partial charge in [0.1, 0.15) is 5.82 Å². The smallest absolute Gasteiger partial charge is 0.160 e. The Bertz CT molecular complexity index is 725. The van der Waals surface area contributed by atoms with E-state index >= 15 is 0 Å². The quantitative estimate of drug-likeness (QED) is 0.872. The molecule has 0 saturated heterocycles. The molecule has 0 fully saturated rings. The lowest BCUT2D eigenvalue weighted by Gasteiger charge is -2.05. The summed E-state index contributed by atoms with van der Waals surface area (Å²) in [6.45, 7) is 0. The average Bonchev–Trinajstić information content (AvgIpc) is 2.44. The van der Waals surface area contributed by atoms with Crippen LogP contribution in [0, 0.1) is 28.8 Å². The van der Waals surface area contributed by atoms with Crippen LogP contribution in [0.1, 0.15) is 11.1 Å². The zero-order chi connectivity index (χ0) is 14.7. The second-order valence-corrected chi connectivity index (χ2v) is 5.43. The van der Waals surface area contributed by atoms with Crippen LogP contribution in [0.5, 0.6) is 0 Å². The van der Waals surface area contributed by atoms with Crippen molar-refractivity contribution in [1.29, 1.82) is 5.26 Å². The van der Waals surface area contributed by atoms with Crippen LogP contribution >= 0.6 is 0 Å². The molecule has 0 aliphatic carbocycles. The van der Waals surface area contributed by atoms with E-state index in [2.05, 4.69) is 0 Å². The summed E-state index contributed by atoms with van der Waals surface area (Å²) in [5.74, 6) is -2.96. The summed E-state index contributed by atoms with van der Waals surface area (Å²) in [4.78, 5) is 0.0608. The first-order chi connectivity index (χ1) is 9.51. The highest BCUT2D eigenvalue weighted by Crippen LogP contribution is 2.18. The van der Waals surface area contributed by atoms with Crippen LogP contribution in [0.15, 0.2) is 41.3 Å². The minimum atomic E-state index is -1.73. The van der Waals surface area contributed by atoms with Crippen LogP contribution in [0.2, 0.25) is 0 Å². The highest BCUT2D eigenvalue weighted by atomic mass is 32.2. The van der Waals surface area contributed by atoms with E-state index in [0.29, 0.717) is 0 Å². The van der Waals surface area contributed by atoms with Gasteiger partial charge in [-0.2, -0.15) is 5.26 Å². The van der Waals surface area contributed by atoms with E-state index < -0.39 is 28.3 Å². The molecule has 0 amide bonds. The topological polar surface area (TPSA) is 40.9 Å². The first kappa shape index (κ1) is 14.3. The highest BCUT2D eigenvalue weighted by Gasteiger charge is 2.12. The van der Waals surface area contributed by atoms with E-state index in [4.69, 9.17) is 5.26 Å². The molecule has 2 aromatic rings. The standard InChI is InChI=1S/C14H8F3NOS/c15-12-3-1-9(7-18)5-10(12)8-20(19)11-2-4-13(16)14(17)6-11/h1-6H,8H2. The van der Waals surface area contributed by atoms with Crippen molar-refractivity contribution in [1.82, 2.24) is 0 Å². The Balaban J connectivity index is 2.28. The minimum Gasteiger partial charge on any atom is -0.254 e. The molecule has 0 N–H and O–H groups in total. The van der Waals surface area contributed by atoms with E-state index in [0.717, 1.165) is 18.2 Å². The highest BCUT2D eigenvalue weighted by molar-refractivity contribution is 7.84. The fourth-order valence-electron chi connectivity index (χ4n) is 1.60. The summed E-state index contributed by atoms with van der Waals surface area (Å²) in [5, 5.41) is 8.73. The summed E-state index contributed by atoms with van der Waals surface area (Å²) in [6.07, 6.45) is 0. The first-order valence-electron chi connectivity index (χ1n) is 5.53. The van der Waals surface area contributed by atoms with Gasteiger partial charge in [-0.3, -0.25) is 4.21 Å². The number of nitrogens with zero attached hydrogens (tertiary/aromatic N) is 1. The van der Waals surface area contributed by atoms with Crippen molar-refractivity contribution in [3.05, 3.63) is 65.0 Å².